The zero-order valence-electron chi connectivity index (χ0n) is 37.4. The average molecular weight is 878 g/mol. The number of carbonyl (C=O) groups excluding carboxylic acids is 4. The molecular formula is C41H71N3O11S3. The van der Waals surface area contributed by atoms with Gasteiger partial charge in [0.2, 0.25) is 0 Å². The molecule has 2 rings (SSSR count). The van der Waals surface area contributed by atoms with Crippen LogP contribution in [0, 0.1) is 0 Å². The molecule has 1 aliphatic rings. The standard InChI is InChI=1S/C41H71N3O11S3/c1-15-23-41(20-6,31(11)46)55-29(9)36(48)40(18-4,19-5)44(21-7)33-27-43(24-22-25-53-14)58(51,52)37-32(33)26-34(56-37)57(49,50)42-38(12,16-2)35(47)28(8)54-39(13,17-3)30(10)45/h26,28-29,33,42H,15-25,27H2,1-14H3/t28-,29-,33-,38?,39?,41?/m0/s1. The van der Waals surface area contributed by atoms with Gasteiger partial charge in [-0.3, -0.25) is 24.1 Å². The van der Waals surface area contributed by atoms with Crippen LogP contribution in [0.2, 0.25) is 0 Å². The molecule has 0 aromatic carbocycles. The summed E-state index contributed by atoms with van der Waals surface area (Å²) < 4.78 is 78.4. The minimum Gasteiger partial charge on any atom is -0.385 e. The Balaban J connectivity index is 2.80. The van der Waals surface area contributed by atoms with Crippen molar-refractivity contribution >= 4 is 54.5 Å². The highest BCUT2D eigenvalue weighted by atomic mass is 32.3. The van der Waals surface area contributed by atoms with Crippen LogP contribution in [-0.2, 0) is 53.4 Å². The van der Waals surface area contributed by atoms with E-state index in [0.29, 0.717) is 69.4 Å². The number of ether oxygens (including phenoxy) is 3. The van der Waals surface area contributed by atoms with Gasteiger partial charge < -0.3 is 14.2 Å². The molecule has 0 saturated heterocycles. The van der Waals surface area contributed by atoms with E-state index in [1.165, 1.54) is 45.2 Å². The van der Waals surface area contributed by atoms with Gasteiger partial charge in [0.25, 0.3) is 20.0 Å². The maximum absolute atomic E-state index is 14.8. The summed E-state index contributed by atoms with van der Waals surface area (Å²) in [4.78, 5) is 56.0. The van der Waals surface area contributed by atoms with E-state index >= 15 is 0 Å². The van der Waals surface area contributed by atoms with E-state index in [4.69, 9.17) is 14.2 Å². The first-order valence-electron chi connectivity index (χ1n) is 20.8. The molecule has 3 unspecified atom stereocenters. The van der Waals surface area contributed by atoms with Gasteiger partial charge in [-0.1, -0.05) is 54.9 Å². The summed E-state index contributed by atoms with van der Waals surface area (Å²) in [6.07, 6.45) is 0.735. The molecule has 0 radical (unpaired) electrons. The minimum absolute atomic E-state index is 0.0314. The highest BCUT2D eigenvalue weighted by Crippen LogP contribution is 2.46. The van der Waals surface area contributed by atoms with Gasteiger partial charge in [-0.05, 0) is 99.1 Å². The summed E-state index contributed by atoms with van der Waals surface area (Å²) in [5.41, 5.74) is -5.02. The number of methoxy groups -OCH3 is 1. The maximum atomic E-state index is 14.8. The van der Waals surface area contributed by atoms with Crippen LogP contribution in [-0.4, -0.2) is 117 Å². The van der Waals surface area contributed by atoms with Crippen LogP contribution in [0.25, 0.3) is 0 Å². The number of rotatable bonds is 27. The quantitative estimate of drug-likeness (QED) is 0.0962. The van der Waals surface area contributed by atoms with Crippen LogP contribution in [0.1, 0.15) is 153 Å². The number of sulfonamides is 2. The minimum atomic E-state index is -4.54. The Morgan fingerprint density at radius 2 is 1.50 bits per heavy atom. The number of nitrogens with one attached hydrogen (secondary N) is 1. The topological polar surface area (TPSA) is 183 Å². The lowest BCUT2D eigenvalue weighted by atomic mass is 9.81. The van der Waals surface area contributed by atoms with E-state index in [-0.39, 0.29) is 50.8 Å². The van der Waals surface area contributed by atoms with Gasteiger partial charge in [0.15, 0.2) is 23.1 Å². The van der Waals surface area contributed by atoms with Crippen molar-refractivity contribution in [2.75, 3.05) is 33.4 Å². The average Bonchev–Trinajstić information content (AvgIpc) is 3.65. The summed E-state index contributed by atoms with van der Waals surface area (Å²) in [6, 6.07) is 0.594. The van der Waals surface area contributed by atoms with E-state index in [2.05, 4.69) is 4.72 Å². The largest absolute Gasteiger partial charge is 0.385 e. The van der Waals surface area contributed by atoms with Crippen molar-refractivity contribution in [1.29, 1.82) is 0 Å². The Morgan fingerprint density at radius 1 is 0.914 bits per heavy atom. The summed E-state index contributed by atoms with van der Waals surface area (Å²) >= 11 is 0.600. The van der Waals surface area contributed by atoms with Crippen molar-refractivity contribution in [2.45, 2.75) is 190 Å². The number of fused-ring (bicyclic) bond motifs is 1. The second-order valence-corrected chi connectivity index (χ2v) is 21.0. The van der Waals surface area contributed by atoms with Crippen LogP contribution >= 0.6 is 11.3 Å². The molecule has 2 heterocycles. The molecule has 6 atom stereocenters. The predicted octanol–water partition coefficient (Wildman–Crippen LogP) is 6.40. The SMILES string of the molecule is CCCC(CC)(O[C@@H](C)C(=O)C(CC)(CC)N(CC)[C@H]1CN(CCCOC)S(=O)(=O)c2sc(S(=O)(=O)NC(C)(CC)C(=O)[C@H](C)OC(C)(CC)C(C)=O)cc21)C(C)=O. The first-order valence-corrected chi connectivity index (χ1v) is 24.5. The molecule has 1 aromatic rings. The molecule has 0 amide bonds. The normalized spacial score (nSPS) is 20.4. The second-order valence-electron chi connectivity index (χ2n) is 15.9. The van der Waals surface area contributed by atoms with Gasteiger partial charge >= 0.3 is 0 Å². The molecule has 0 saturated carbocycles. The third kappa shape index (κ3) is 10.6. The van der Waals surface area contributed by atoms with E-state index in [1.54, 1.807) is 27.7 Å². The van der Waals surface area contributed by atoms with Crippen LogP contribution in [0.4, 0.5) is 0 Å². The van der Waals surface area contributed by atoms with Gasteiger partial charge in [0.05, 0.1) is 17.1 Å². The Morgan fingerprint density at radius 3 is 1.95 bits per heavy atom. The smallest absolute Gasteiger partial charge is 0.252 e. The Bertz CT molecular complexity index is 1830. The first kappa shape index (κ1) is 52.2. The molecule has 1 aromatic heterocycles. The monoisotopic (exact) mass is 877 g/mol. The molecule has 0 bridgehead atoms. The summed E-state index contributed by atoms with van der Waals surface area (Å²) in [5, 5.41) is 0. The number of hydrogen-bond donors (Lipinski definition) is 1. The Labute approximate surface area is 352 Å². The molecule has 1 aliphatic heterocycles. The Kier molecular flexibility index (Phi) is 18.7. The molecule has 14 nitrogen and oxygen atoms in total. The fourth-order valence-corrected chi connectivity index (χ4v) is 13.5. The Hall–Kier alpha value is -1.96. The van der Waals surface area contributed by atoms with Crippen molar-refractivity contribution in [1.82, 2.24) is 13.9 Å². The van der Waals surface area contributed by atoms with Crippen molar-refractivity contribution in [3.63, 3.8) is 0 Å². The molecule has 1 N–H and O–H groups in total. The van der Waals surface area contributed by atoms with Crippen LogP contribution in [0.3, 0.4) is 0 Å². The zero-order valence-corrected chi connectivity index (χ0v) is 39.9. The maximum Gasteiger partial charge on any atom is 0.252 e. The number of thiophene rings is 1. The van der Waals surface area contributed by atoms with Gasteiger partial charge in [-0.2, -0.15) is 9.03 Å². The van der Waals surface area contributed by atoms with Gasteiger partial charge in [-0.15, -0.1) is 11.3 Å². The van der Waals surface area contributed by atoms with E-state index in [9.17, 15) is 36.0 Å². The van der Waals surface area contributed by atoms with Crippen molar-refractivity contribution in [3.05, 3.63) is 11.6 Å². The molecule has 58 heavy (non-hydrogen) atoms. The molecule has 0 aliphatic carbocycles. The molecular weight excluding hydrogens is 807 g/mol. The molecule has 17 heteroatoms. The highest BCUT2D eigenvalue weighted by Gasteiger charge is 2.52. The van der Waals surface area contributed by atoms with Crippen molar-refractivity contribution < 1.29 is 50.2 Å². The zero-order chi connectivity index (χ0) is 44.7. The number of likely N-dealkylation sites (N-methyl/N-ethyl adjacent to an activating group) is 1. The fraction of sp³-hybridized carbons (Fsp3) is 0.805. The number of hydrogen-bond acceptors (Lipinski definition) is 13. The lowest BCUT2D eigenvalue weighted by molar-refractivity contribution is -0.167. The summed E-state index contributed by atoms with van der Waals surface area (Å²) in [7, 11) is -7.24. The molecule has 0 fully saturated rings. The predicted molar refractivity (Wildman–Crippen MR) is 226 cm³/mol. The number of nitrogens with zero attached hydrogens (tertiary/aromatic N) is 2. The van der Waals surface area contributed by atoms with Crippen molar-refractivity contribution in [2.24, 2.45) is 0 Å². The molecule has 334 valence electrons. The van der Waals surface area contributed by atoms with Crippen LogP contribution < -0.4 is 4.72 Å². The van der Waals surface area contributed by atoms with Gasteiger partial charge in [-0.25, -0.2) is 16.8 Å². The fourth-order valence-electron chi connectivity index (χ4n) is 8.22. The van der Waals surface area contributed by atoms with E-state index in [1.807, 2.05) is 39.5 Å². The third-order valence-electron chi connectivity index (χ3n) is 12.4. The van der Waals surface area contributed by atoms with E-state index < -0.39 is 66.4 Å². The van der Waals surface area contributed by atoms with Crippen LogP contribution in [0.15, 0.2) is 14.5 Å². The molecule has 0 spiro atoms. The summed E-state index contributed by atoms with van der Waals surface area (Å²) in [6.45, 7) is 22.5. The number of Topliss-reactive ketones (excluding diaryl/α,β-unsaturated/α-hetero) is 4. The third-order valence-corrected chi connectivity index (χ3v) is 18.0. The van der Waals surface area contributed by atoms with E-state index in [0.717, 1.165) is 0 Å². The van der Waals surface area contributed by atoms with Crippen molar-refractivity contribution in [3.8, 4) is 0 Å². The summed E-state index contributed by atoms with van der Waals surface area (Å²) in [5.74, 6) is -1.27. The number of carbonyl (C=O) groups is 4. The number of ketones is 4. The van der Waals surface area contributed by atoms with Gasteiger partial charge in [0.1, 0.15) is 31.8 Å². The lowest BCUT2D eigenvalue weighted by Crippen LogP contribution is -2.61. The first-order chi connectivity index (χ1) is 26.9. The highest BCUT2D eigenvalue weighted by molar-refractivity contribution is 7.94. The lowest BCUT2D eigenvalue weighted by Gasteiger charge is -2.49. The van der Waals surface area contributed by atoms with Gasteiger partial charge in [0, 0.05) is 32.4 Å². The second kappa shape index (κ2) is 20.7. The van der Waals surface area contributed by atoms with Crippen LogP contribution in [0.5, 0.6) is 0 Å².